The van der Waals surface area contributed by atoms with Gasteiger partial charge in [-0.2, -0.15) is 0 Å². The molecule has 1 rings (SSSR count). The molecule has 7 nitrogen and oxygen atoms in total. The molecule has 21 heavy (non-hydrogen) atoms. The molecule has 8 heteroatoms. The van der Waals surface area contributed by atoms with Crippen LogP contribution in [0, 0.1) is 5.92 Å². The minimum Gasteiger partial charge on any atom is -0.550 e. The molecule has 0 spiro atoms. The van der Waals surface area contributed by atoms with Crippen LogP contribution in [0.15, 0.2) is 29.2 Å². The van der Waals surface area contributed by atoms with E-state index in [1.165, 1.54) is 24.3 Å². The Kier molecular flexibility index (Phi) is 5.86. The number of amides is 1. The summed E-state index contributed by atoms with van der Waals surface area (Å²) in [5, 5.41) is 18.2. The van der Waals surface area contributed by atoms with E-state index in [0.29, 0.717) is 12.1 Å². The van der Waals surface area contributed by atoms with Gasteiger partial charge in [-0.05, 0) is 43.0 Å². The van der Waals surface area contributed by atoms with Crippen molar-refractivity contribution in [2.75, 3.05) is 5.32 Å². The highest BCUT2D eigenvalue weighted by Gasteiger charge is 2.11. The van der Waals surface area contributed by atoms with Crippen molar-refractivity contribution < 1.29 is 23.1 Å². The summed E-state index contributed by atoms with van der Waals surface area (Å²) in [6.45, 7) is 1.71. The van der Waals surface area contributed by atoms with Crippen LogP contribution < -0.4 is 15.6 Å². The number of carboxylic acid groups (broad SMARTS) is 1. The molecule has 1 aromatic carbocycles. The number of nitrogens with one attached hydrogen (secondary N) is 1. The predicted octanol–water partition coefficient (Wildman–Crippen LogP) is -0.171. The fraction of sp³-hybridized carbons (Fsp3) is 0.385. The van der Waals surface area contributed by atoms with Gasteiger partial charge in [-0.1, -0.05) is 6.92 Å². The Morgan fingerprint density at radius 2 is 1.86 bits per heavy atom. The lowest BCUT2D eigenvalue weighted by Crippen LogP contribution is -2.31. The fourth-order valence-corrected chi connectivity index (χ4v) is 2.26. The molecule has 0 radical (unpaired) electrons. The molecule has 0 bridgehead atoms. The van der Waals surface area contributed by atoms with Crippen molar-refractivity contribution in [2.45, 2.75) is 31.1 Å². The zero-order valence-electron chi connectivity index (χ0n) is 11.5. The van der Waals surface area contributed by atoms with Crippen molar-refractivity contribution in [3.8, 4) is 0 Å². The molecule has 116 valence electrons. The molecular weight excluding hydrogens is 296 g/mol. The van der Waals surface area contributed by atoms with Gasteiger partial charge in [0.1, 0.15) is 0 Å². The molecule has 1 aromatic rings. The average molecular weight is 313 g/mol. The third-order valence-corrected chi connectivity index (χ3v) is 3.94. The van der Waals surface area contributed by atoms with Crippen molar-refractivity contribution in [2.24, 2.45) is 11.1 Å². The summed E-state index contributed by atoms with van der Waals surface area (Å²) in [5.41, 5.74) is 0.411. The molecule has 0 aliphatic heterocycles. The topological polar surface area (TPSA) is 129 Å². The second kappa shape index (κ2) is 7.19. The zero-order chi connectivity index (χ0) is 16.0. The van der Waals surface area contributed by atoms with Crippen molar-refractivity contribution in [1.82, 2.24) is 0 Å². The lowest BCUT2D eigenvalue weighted by Gasteiger charge is -2.15. The average Bonchev–Trinajstić information content (AvgIpc) is 2.38. The lowest BCUT2D eigenvalue weighted by molar-refractivity contribution is -0.311. The van der Waals surface area contributed by atoms with Crippen LogP contribution in [0.1, 0.15) is 26.2 Å². The minimum absolute atomic E-state index is 0.0451. The number of carbonyl (C=O) groups is 2. The number of aliphatic carboxylic acids is 1. The van der Waals surface area contributed by atoms with Crippen molar-refractivity contribution >= 4 is 27.6 Å². The number of rotatable bonds is 7. The van der Waals surface area contributed by atoms with Gasteiger partial charge < -0.3 is 15.2 Å². The largest absolute Gasteiger partial charge is 0.550 e. The molecule has 0 saturated carbocycles. The Hall–Kier alpha value is -1.93. The monoisotopic (exact) mass is 313 g/mol. The Balaban J connectivity index is 2.57. The smallest absolute Gasteiger partial charge is 0.238 e. The van der Waals surface area contributed by atoms with E-state index >= 15 is 0 Å². The SMILES string of the molecule is CC[C@H](CCC(=O)Nc1ccc(S(N)(=O)=O)cc1)C(=O)[O-]. The van der Waals surface area contributed by atoms with Crippen LogP contribution in [0.2, 0.25) is 0 Å². The molecule has 1 atom stereocenters. The maximum atomic E-state index is 11.7. The quantitative estimate of drug-likeness (QED) is 0.722. The van der Waals surface area contributed by atoms with Gasteiger partial charge in [-0.15, -0.1) is 0 Å². The van der Waals surface area contributed by atoms with E-state index in [9.17, 15) is 23.1 Å². The molecule has 0 aromatic heterocycles. The van der Waals surface area contributed by atoms with E-state index in [4.69, 9.17) is 5.14 Å². The van der Waals surface area contributed by atoms with Gasteiger partial charge in [-0.3, -0.25) is 4.79 Å². The molecule has 1 amide bonds. The number of hydrogen-bond donors (Lipinski definition) is 2. The lowest BCUT2D eigenvalue weighted by atomic mass is 10.0. The maximum absolute atomic E-state index is 11.7. The Bertz CT molecular complexity index is 610. The Labute approximate surface area is 123 Å². The third kappa shape index (κ3) is 5.52. The first kappa shape index (κ1) is 17.1. The van der Waals surface area contributed by atoms with Gasteiger partial charge in [0.2, 0.25) is 15.9 Å². The highest BCUT2D eigenvalue weighted by atomic mass is 32.2. The fourth-order valence-electron chi connectivity index (χ4n) is 1.75. The summed E-state index contributed by atoms with van der Waals surface area (Å²) < 4.78 is 22.1. The molecule has 0 aliphatic carbocycles. The van der Waals surface area contributed by atoms with Gasteiger partial charge in [-0.25, -0.2) is 13.6 Å². The number of carbonyl (C=O) groups excluding carboxylic acids is 2. The van der Waals surface area contributed by atoms with E-state index in [1.807, 2.05) is 0 Å². The highest BCUT2D eigenvalue weighted by Crippen LogP contribution is 2.14. The molecule has 3 N–H and O–H groups in total. The van der Waals surface area contributed by atoms with Crippen LogP contribution >= 0.6 is 0 Å². The van der Waals surface area contributed by atoms with Crippen molar-refractivity contribution in [3.63, 3.8) is 0 Å². The first-order valence-electron chi connectivity index (χ1n) is 6.37. The third-order valence-electron chi connectivity index (χ3n) is 3.01. The van der Waals surface area contributed by atoms with Gasteiger partial charge >= 0.3 is 0 Å². The molecule has 0 unspecified atom stereocenters. The van der Waals surface area contributed by atoms with E-state index in [0.717, 1.165) is 0 Å². The van der Waals surface area contributed by atoms with Crippen molar-refractivity contribution in [3.05, 3.63) is 24.3 Å². The number of nitrogens with two attached hydrogens (primary N) is 1. The Morgan fingerprint density at radius 1 is 1.29 bits per heavy atom. The Morgan fingerprint density at radius 3 is 2.29 bits per heavy atom. The summed E-state index contributed by atoms with van der Waals surface area (Å²) >= 11 is 0. The van der Waals surface area contributed by atoms with Crippen LogP contribution in [-0.2, 0) is 19.6 Å². The second-order valence-corrected chi connectivity index (χ2v) is 6.14. The van der Waals surface area contributed by atoms with Gasteiger partial charge in [0.05, 0.1) is 4.90 Å². The van der Waals surface area contributed by atoms with E-state index < -0.39 is 21.9 Å². The number of benzene rings is 1. The predicted molar refractivity (Wildman–Crippen MR) is 74.5 cm³/mol. The van der Waals surface area contributed by atoms with E-state index in [-0.39, 0.29) is 23.6 Å². The standard InChI is InChI=1S/C13H18N2O5S/c1-2-9(13(17)18)3-8-12(16)15-10-4-6-11(7-5-10)21(14,19)20/h4-7,9H,2-3,8H2,1H3,(H,15,16)(H,17,18)(H2,14,19,20)/p-1/t9-/m1/s1. The first-order valence-corrected chi connectivity index (χ1v) is 7.92. The zero-order valence-corrected chi connectivity index (χ0v) is 12.4. The maximum Gasteiger partial charge on any atom is 0.238 e. The van der Waals surface area contributed by atoms with Gasteiger partial charge in [0.25, 0.3) is 0 Å². The summed E-state index contributed by atoms with van der Waals surface area (Å²) in [6.07, 6.45) is 0.641. The van der Waals surface area contributed by atoms with Crippen LogP contribution in [0.25, 0.3) is 0 Å². The van der Waals surface area contributed by atoms with Crippen LogP contribution in [0.3, 0.4) is 0 Å². The summed E-state index contributed by atoms with van der Waals surface area (Å²) in [6, 6.07) is 5.38. The van der Waals surface area contributed by atoms with Gasteiger partial charge in [0.15, 0.2) is 0 Å². The van der Waals surface area contributed by atoms with Crippen LogP contribution in [0.5, 0.6) is 0 Å². The van der Waals surface area contributed by atoms with Crippen molar-refractivity contribution in [1.29, 1.82) is 0 Å². The summed E-state index contributed by atoms with van der Waals surface area (Å²) in [7, 11) is -3.77. The number of carboxylic acids is 1. The van der Waals surface area contributed by atoms with Gasteiger partial charge in [0, 0.05) is 18.1 Å². The summed E-state index contributed by atoms with van der Waals surface area (Å²) in [4.78, 5) is 22.3. The minimum atomic E-state index is -3.77. The first-order chi connectivity index (χ1) is 9.74. The number of hydrogen-bond acceptors (Lipinski definition) is 5. The molecule has 0 heterocycles. The van der Waals surface area contributed by atoms with Crippen LogP contribution in [0.4, 0.5) is 5.69 Å². The number of anilines is 1. The number of sulfonamides is 1. The molecule has 0 fully saturated rings. The van der Waals surface area contributed by atoms with E-state index in [2.05, 4.69) is 5.32 Å². The highest BCUT2D eigenvalue weighted by molar-refractivity contribution is 7.89. The van der Waals surface area contributed by atoms with E-state index in [1.54, 1.807) is 6.92 Å². The molecule has 0 aliphatic rings. The molecular formula is C13H17N2O5S-. The van der Waals surface area contributed by atoms with Crippen LogP contribution in [-0.4, -0.2) is 20.3 Å². The molecule has 0 saturated heterocycles. The second-order valence-electron chi connectivity index (χ2n) is 4.58. The summed E-state index contributed by atoms with van der Waals surface area (Å²) in [5.74, 6) is -2.17. The normalized spacial score (nSPS) is 12.7. The number of primary sulfonamides is 1.